The highest BCUT2D eigenvalue weighted by molar-refractivity contribution is 7.98. The maximum Gasteiger partial charge on any atom is 0.354 e. The van der Waals surface area contributed by atoms with Gasteiger partial charge >= 0.3 is 5.97 Å². The van der Waals surface area contributed by atoms with Crippen LogP contribution in [0.3, 0.4) is 0 Å². The van der Waals surface area contributed by atoms with Gasteiger partial charge in [-0.05, 0) is 62.0 Å². The molecule has 0 radical (unpaired) electrons. The van der Waals surface area contributed by atoms with E-state index in [2.05, 4.69) is 48.3 Å². The second-order valence-electron chi connectivity index (χ2n) is 13.1. The van der Waals surface area contributed by atoms with Crippen molar-refractivity contribution in [2.75, 3.05) is 34.5 Å². The Bertz CT molecular complexity index is 2260. The zero-order valence-electron chi connectivity index (χ0n) is 30.0. The quantitative estimate of drug-likeness (QED) is 0.172. The number of aromatic nitrogens is 5. The van der Waals surface area contributed by atoms with Crippen molar-refractivity contribution in [1.29, 1.82) is 0 Å². The third kappa shape index (κ3) is 6.75. The molecule has 0 saturated heterocycles. The summed E-state index contributed by atoms with van der Waals surface area (Å²) < 4.78 is 23.3. The summed E-state index contributed by atoms with van der Waals surface area (Å²) in [5, 5.41) is 13.7. The normalized spacial score (nSPS) is 14.4. The summed E-state index contributed by atoms with van der Waals surface area (Å²) in [5.74, 6) is 1.23. The molecular weight excluding hydrogens is 684 g/mol. The number of halogens is 1. The third-order valence-electron chi connectivity index (χ3n) is 9.67. The van der Waals surface area contributed by atoms with Crippen LogP contribution in [0.25, 0.3) is 32.8 Å². The summed E-state index contributed by atoms with van der Waals surface area (Å²) >= 11 is 8.93. The Morgan fingerprint density at radius 3 is 2.63 bits per heavy atom. The van der Waals surface area contributed by atoms with Gasteiger partial charge in [0.25, 0.3) is 0 Å². The molecule has 0 amide bonds. The van der Waals surface area contributed by atoms with E-state index < -0.39 is 0 Å². The van der Waals surface area contributed by atoms with Crippen molar-refractivity contribution < 1.29 is 19.0 Å². The lowest BCUT2D eigenvalue weighted by Crippen LogP contribution is -2.21. The van der Waals surface area contributed by atoms with Gasteiger partial charge in [0.1, 0.15) is 11.4 Å². The molecule has 10 nitrogen and oxygen atoms in total. The molecule has 12 heteroatoms. The van der Waals surface area contributed by atoms with Crippen LogP contribution in [0.4, 0.5) is 0 Å². The fourth-order valence-electron chi connectivity index (χ4n) is 7.34. The Kier molecular flexibility index (Phi) is 10.2. The predicted molar refractivity (Wildman–Crippen MR) is 203 cm³/mol. The molecule has 0 saturated carbocycles. The van der Waals surface area contributed by atoms with Gasteiger partial charge < -0.3 is 18.8 Å². The van der Waals surface area contributed by atoms with Crippen molar-refractivity contribution in [1.82, 2.24) is 29.0 Å². The zero-order chi connectivity index (χ0) is 35.8. The van der Waals surface area contributed by atoms with Crippen LogP contribution in [-0.4, -0.2) is 69.5 Å². The van der Waals surface area contributed by atoms with E-state index in [1.165, 1.54) is 7.11 Å². The van der Waals surface area contributed by atoms with Gasteiger partial charge in [0, 0.05) is 72.5 Å². The highest BCUT2D eigenvalue weighted by Gasteiger charge is 2.28. The largest absolute Gasteiger partial charge is 0.493 e. The molecular formula is C39H43ClN6O4S. The fraction of sp³-hybridized carbons (Fsp3) is 0.359. The summed E-state index contributed by atoms with van der Waals surface area (Å²) in [4.78, 5) is 16.8. The average molecular weight is 727 g/mol. The maximum atomic E-state index is 13.5. The van der Waals surface area contributed by atoms with E-state index >= 15 is 0 Å². The highest BCUT2D eigenvalue weighted by atomic mass is 35.5. The molecule has 4 heterocycles. The van der Waals surface area contributed by atoms with E-state index in [9.17, 15) is 4.79 Å². The number of ether oxygens (including phenoxy) is 3. The Labute approximate surface area is 307 Å². The lowest BCUT2D eigenvalue weighted by molar-refractivity contribution is 0.0589. The Morgan fingerprint density at radius 1 is 1.00 bits per heavy atom. The molecule has 266 valence electrons. The first-order valence-electron chi connectivity index (χ1n) is 17.1. The number of hydrogen-bond donors (Lipinski definition) is 0. The van der Waals surface area contributed by atoms with Crippen LogP contribution in [0.1, 0.15) is 45.2 Å². The number of nitrogens with zero attached hydrogens (tertiary/aromatic N) is 6. The summed E-state index contributed by atoms with van der Waals surface area (Å²) in [5.41, 5.74) is 8.09. The number of esters is 1. The number of hydrogen-bond acceptors (Lipinski definition) is 8. The van der Waals surface area contributed by atoms with Crippen molar-refractivity contribution in [2.24, 2.45) is 14.1 Å². The van der Waals surface area contributed by atoms with Crippen molar-refractivity contribution in [2.45, 2.75) is 50.0 Å². The van der Waals surface area contributed by atoms with E-state index in [-0.39, 0.29) is 5.97 Å². The second-order valence-corrected chi connectivity index (χ2v) is 14.6. The second kappa shape index (κ2) is 14.7. The molecule has 0 aliphatic carbocycles. The van der Waals surface area contributed by atoms with E-state index in [0.29, 0.717) is 56.4 Å². The van der Waals surface area contributed by atoms with Gasteiger partial charge in [-0.3, -0.25) is 14.3 Å². The van der Waals surface area contributed by atoms with Crippen LogP contribution in [0, 0.1) is 6.92 Å². The first kappa shape index (κ1) is 35.1. The lowest BCUT2D eigenvalue weighted by Gasteiger charge is -2.19. The minimum atomic E-state index is -0.390. The molecule has 1 aliphatic heterocycles. The maximum absolute atomic E-state index is 13.5. The third-order valence-corrected chi connectivity index (χ3v) is 11.0. The van der Waals surface area contributed by atoms with Gasteiger partial charge in [-0.15, -0.1) is 11.8 Å². The molecule has 0 spiro atoms. The van der Waals surface area contributed by atoms with Crippen LogP contribution < -0.4 is 4.74 Å². The number of carbonyl (C=O) groups is 1. The van der Waals surface area contributed by atoms with Crippen molar-refractivity contribution in [3.8, 4) is 16.9 Å². The first-order chi connectivity index (χ1) is 24.7. The Balaban J connectivity index is 1.40. The monoisotopic (exact) mass is 726 g/mol. The van der Waals surface area contributed by atoms with Crippen molar-refractivity contribution >= 4 is 51.0 Å². The highest BCUT2D eigenvalue weighted by Crippen LogP contribution is 2.42. The van der Waals surface area contributed by atoms with Crippen LogP contribution in [-0.2, 0) is 55.4 Å². The number of methoxy groups -OCH3 is 2. The molecule has 0 unspecified atom stereocenters. The average Bonchev–Trinajstić information content (AvgIpc) is 3.72. The molecule has 51 heavy (non-hydrogen) atoms. The Hall–Kier alpha value is -4.29. The minimum absolute atomic E-state index is 0.390. The van der Waals surface area contributed by atoms with E-state index in [0.717, 1.165) is 77.5 Å². The summed E-state index contributed by atoms with van der Waals surface area (Å²) in [6, 6.07) is 18.8. The van der Waals surface area contributed by atoms with E-state index in [1.807, 2.05) is 53.1 Å². The van der Waals surface area contributed by atoms with E-state index in [4.69, 9.17) is 36.0 Å². The molecule has 6 aromatic rings. The minimum Gasteiger partial charge on any atom is -0.493 e. The summed E-state index contributed by atoms with van der Waals surface area (Å²) in [6.45, 7) is 4.81. The molecule has 8 bridgehead atoms. The number of thioether (sulfide) groups is 1. The number of carbonyl (C=O) groups excluding carboxylic acids is 1. The van der Waals surface area contributed by atoms with Crippen molar-refractivity contribution in [3.63, 3.8) is 0 Å². The molecule has 7 rings (SSSR count). The SMILES string of the molecule is COCCn1nc(C)c2c1CN(C)Cc1cc(n(C)n1)CSc1cc(c3ccccc3c1)OCCCc1c(C(=O)OC)n(C)c3c-2c(Cl)ccc13. The molecule has 0 N–H and O–H groups in total. The van der Waals surface area contributed by atoms with Crippen LogP contribution in [0.5, 0.6) is 5.75 Å². The standard InChI is InChI=1S/C39H43ClN6O4S/c1-24-35-33(46(41-24)15-17-48-5)22-43(2)21-26-19-27(45(4)42-26)23-51-28-18-25-10-7-8-11-29(25)34(20-28)50-16-9-12-30-31-13-14-32(40)36(35)37(31)44(3)38(30)39(47)49-6/h7-8,10-11,13-14,18-20H,9,12,15-17,21-23H2,1-6H3. The van der Waals surface area contributed by atoms with Gasteiger partial charge in [0.2, 0.25) is 0 Å². The van der Waals surface area contributed by atoms with Gasteiger partial charge in [0.05, 0.1) is 54.5 Å². The van der Waals surface area contributed by atoms with Gasteiger partial charge in [-0.1, -0.05) is 41.9 Å². The van der Waals surface area contributed by atoms with Crippen LogP contribution >= 0.6 is 23.4 Å². The number of benzene rings is 3. The topological polar surface area (TPSA) is 88.6 Å². The van der Waals surface area contributed by atoms with Crippen LogP contribution in [0.15, 0.2) is 59.5 Å². The van der Waals surface area contributed by atoms with Crippen molar-refractivity contribution in [3.05, 3.63) is 93.7 Å². The van der Waals surface area contributed by atoms with Gasteiger partial charge in [0.15, 0.2) is 0 Å². The summed E-state index contributed by atoms with van der Waals surface area (Å²) in [7, 11) is 9.14. The smallest absolute Gasteiger partial charge is 0.354 e. The molecule has 0 fully saturated rings. The Morgan fingerprint density at radius 2 is 1.82 bits per heavy atom. The molecule has 0 atom stereocenters. The molecule has 3 aromatic heterocycles. The first-order valence-corrected chi connectivity index (χ1v) is 18.5. The number of fused-ring (bicyclic) bond motifs is 8. The van der Waals surface area contributed by atoms with E-state index in [1.54, 1.807) is 18.9 Å². The predicted octanol–water partition coefficient (Wildman–Crippen LogP) is 7.57. The number of aryl methyl sites for hydroxylation is 4. The van der Waals surface area contributed by atoms with Crippen LogP contribution in [0.2, 0.25) is 5.02 Å². The number of rotatable bonds is 4. The fourth-order valence-corrected chi connectivity index (χ4v) is 8.57. The zero-order valence-corrected chi connectivity index (χ0v) is 31.5. The van der Waals surface area contributed by atoms with Gasteiger partial charge in [-0.2, -0.15) is 10.2 Å². The lowest BCUT2D eigenvalue weighted by atomic mass is 9.97. The van der Waals surface area contributed by atoms with Gasteiger partial charge in [-0.25, -0.2) is 4.79 Å². The molecule has 3 aromatic carbocycles. The summed E-state index contributed by atoms with van der Waals surface area (Å²) in [6.07, 6.45) is 1.30. The molecule has 1 aliphatic rings.